The molecule has 1 atom stereocenters. The summed E-state index contributed by atoms with van der Waals surface area (Å²) in [6, 6.07) is 8.51. The zero-order chi connectivity index (χ0) is 12.9. The predicted molar refractivity (Wildman–Crippen MR) is 71.6 cm³/mol. The van der Waals surface area contributed by atoms with Crippen LogP contribution in [0.25, 0.3) is 0 Å². The fourth-order valence-electron chi connectivity index (χ4n) is 2.10. The second kappa shape index (κ2) is 6.15. The summed E-state index contributed by atoms with van der Waals surface area (Å²) < 4.78 is 5.75. The van der Waals surface area contributed by atoms with Crippen LogP contribution >= 0.6 is 0 Å². The number of hydrogen-bond acceptors (Lipinski definition) is 3. The third kappa shape index (κ3) is 3.53. The van der Waals surface area contributed by atoms with Gasteiger partial charge in [-0.3, -0.25) is 11.3 Å². The molecule has 3 heteroatoms. The number of benzene rings is 1. The Kier molecular flexibility index (Phi) is 5.12. The molecule has 0 spiro atoms. The highest BCUT2D eigenvalue weighted by atomic mass is 16.5. The lowest BCUT2D eigenvalue weighted by atomic mass is 9.91. The van der Waals surface area contributed by atoms with Gasteiger partial charge in [-0.25, -0.2) is 0 Å². The number of rotatable bonds is 6. The van der Waals surface area contributed by atoms with Gasteiger partial charge in [0.15, 0.2) is 0 Å². The molecule has 3 N–H and O–H groups in total. The van der Waals surface area contributed by atoms with E-state index in [0.717, 1.165) is 12.0 Å². The van der Waals surface area contributed by atoms with Crippen LogP contribution in [0.1, 0.15) is 44.9 Å². The van der Waals surface area contributed by atoms with Crippen molar-refractivity contribution in [3.05, 3.63) is 35.4 Å². The Labute approximate surface area is 104 Å². The van der Waals surface area contributed by atoms with Crippen molar-refractivity contribution in [3.8, 4) is 0 Å². The third-order valence-electron chi connectivity index (χ3n) is 3.10. The summed E-state index contributed by atoms with van der Waals surface area (Å²) in [7, 11) is 0. The minimum Gasteiger partial charge on any atom is -0.374 e. The molecule has 96 valence electrons. The van der Waals surface area contributed by atoms with E-state index in [1.807, 2.05) is 6.92 Å². The standard InChI is InChI=1S/C14H24N2O/c1-5-11-7-9-12(10-8-11)13(16-15)14(3,4)17-6-2/h7-10,13,16H,5-6,15H2,1-4H3. The van der Waals surface area contributed by atoms with Crippen molar-refractivity contribution in [2.75, 3.05) is 6.61 Å². The van der Waals surface area contributed by atoms with Gasteiger partial charge in [0.25, 0.3) is 0 Å². The molecule has 0 aromatic heterocycles. The van der Waals surface area contributed by atoms with Crippen LogP contribution in [-0.2, 0) is 11.2 Å². The zero-order valence-corrected chi connectivity index (χ0v) is 11.3. The van der Waals surface area contributed by atoms with E-state index in [-0.39, 0.29) is 11.6 Å². The Morgan fingerprint density at radius 2 is 1.82 bits per heavy atom. The van der Waals surface area contributed by atoms with E-state index < -0.39 is 0 Å². The Balaban J connectivity index is 2.92. The predicted octanol–water partition coefficient (Wildman–Crippen LogP) is 2.57. The minimum atomic E-state index is -0.322. The molecule has 0 radical (unpaired) electrons. The van der Waals surface area contributed by atoms with Gasteiger partial charge < -0.3 is 4.74 Å². The van der Waals surface area contributed by atoms with Crippen molar-refractivity contribution >= 4 is 0 Å². The van der Waals surface area contributed by atoms with Crippen molar-refractivity contribution in [1.29, 1.82) is 0 Å². The fourth-order valence-corrected chi connectivity index (χ4v) is 2.10. The van der Waals surface area contributed by atoms with Crippen LogP contribution < -0.4 is 11.3 Å². The zero-order valence-electron chi connectivity index (χ0n) is 11.3. The minimum absolute atomic E-state index is 0.00615. The number of nitrogens with one attached hydrogen (secondary N) is 1. The van der Waals surface area contributed by atoms with Gasteiger partial charge in [0.1, 0.15) is 0 Å². The Hall–Kier alpha value is -0.900. The average Bonchev–Trinajstić information content (AvgIpc) is 2.30. The third-order valence-corrected chi connectivity index (χ3v) is 3.10. The lowest BCUT2D eigenvalue weighted by Gasteiger charge is -2.34. The molecule has 0 aliphatic heterocycles. The highest BCUT2D eigenvalue weighted by Crippen LogP contribution is 2.28. The van der Waals surface area contributed by atoms with E-state index in [1.54, 1.807) is 0 Å². The van der Waals surface area contributed by atoms with E-state index in [0.29, 0.717) is 6.61 Å². The average molecular weight is 236 g/mol. The first-order chi connectivity index (χ1) is 8.05. The highest BCUT2D eigenvalue weighted by Gasteiger charge is 2.30. The van der Waals surface area contributed by atoms with E-state index in [1.165, 1.54) is 5.56 Å². The van der Waals surface area contributed by atoms with Crippen molar-refractivity contribution in [2.24, 2.45) is 5.84 Å². The van der Waals surface area contributed by atoms with Crippen LogP contribution in [-0.4, -0.2) is 12.2 Å². The van der Waals surface area contributed by atoms with E-state index in [2.05, 4.69) is 50.5 Å². The molecule has 1 rings (SSSR count). The number of aryl methyl sites for hydroxylation is 1. The first-order valence-corrected chi connectivity index (χ1v) is 6.24. The SMILES string of the molecule is CCOC(C)(C)C(NN)c1ccc(CC)cc1. The van der Waals surface area contributed by atoms with E-state index >= 15 is 0 Å². The topological polar surface area (TPSA) is 47.3 Å². The van der Waals surface area contributed by atoms with Crippen LogP contribution in [0.5, 0.6) is 0 Å². The second-order valence-electron chi connectivity index (χ2n) is 4.73. The molecule has 0 heterocycles. The molecule has 0 aliphatic rings. The quantitative estimate of drug-likeness (QED) is 0.589. The summed E-state index contributed by atoms with van der Waals surface area (Å²) >= 11 is 0. The normalized spacial score (nSPS) is 13.7. The largest absolute Gasteiger partial charge is 0.374 e. The van der Waals surface area contributed by atoms with Gasteiger partial charge in [0.2, 0.25) is 0 Å². The van der Waals surface area contributed by atoms with Gasteiger partial charge in [0.05, 0.1) is 11.6 Å². The number of nitrogens with two attached hydrogens (primary N) is 1. The van der Waals surface area contributed by atoms with Crippen molar-refractivity contribution < 1.29 is 4.74 Å². The number of ether oxygens (including phenoxy) is 1. The summed E-state index contributed by atoms with van der Waals surface area (Å²) in [5.41, 5.74) is 5.02. The van der Waals surface area contributed by atoms with Gasteiger partial charge in [0, 0.05) is 6.61 Å². The molecule has 0 aliphatic carbocycles. The van der Waals surface area contributed by atoms with Crippen LogP contribution in [0, 0.1) is 0 Å². The van der Waals surface area contributed by atoms with Crippen LogP contribution in [0.15, 0.2) is 24.3 Å². The van der Waals surface area contributed by atoms with E-state index in [4.69, 9.17) is 10.6 Å². The highest BCUT2D eigenvalue weighted by molar-refractivity contribution is 5.26. The van der Waals surface area contributed by atoms with Gasteiger partial charge in [-0.1, -0.05) is 31.2 Å². The van der Waals surface area contributed by atoms with Crippen molar-refractivity contribution in [1.82, 2.24) is 5.43 Å². The van der Waals surface area contributed by atoms with Crippen molar-refractivity contribution in [3.63, 3.8) is 0 Å². The van der Waals surface area contributed by atoms with Gasteiger partial charge in [-0.05, 0) is 38.3 Å². The first-order valence-electron chi connectivity index (χ1n) is 6.24. The smallest absolute Gasteiger partial charge is 0.0833 e. The first kappa shape index (κ1) is 14.2. The van der Waals surface area contributed by atoms with Gasteiger partial charge in [-0.15, -0.1) is 0 Å². The Morgan fingerprint density at radius 3 is 2.24 bits per heavy atom. The lowest BCUT2D eigenvalue weighted by Crippen LogP contribution is -2.44. The molecular formula is C14H24N2O. The summed E-state index contributed by atoms with van der Waals surface area (Å²) in [6.07, 6.45) is 1.05. The fraction of sp³-hybridized carbons (Fsp3) is 0.571. The molecule has 1 aromatic rings. The maximum absolute atomic E-state index is 5.75. The second-order valence-corrected chi connectivity index (χ2v) is 4.73. The molecule has 0 bridgehead atoms. The Morgan fingerprint density at radius 1 is 1.24 bits per heavy atom. The van der Waals surface area contributed by atoms with Crippen molar-refractivity contribution in [2.45, 2.75) is 45.8 Å². The molecule has 3 nitrogen and oxygen atoms in total. The maximum Gasteiger partial charge on any atom is 0.0833 e. The molecule has 17 heavy (non-hydrogen) atoms. The molecule has 0 saturated heterocycles. The van der Waals surface area contributed by atoms with Crippen LogP contribution in [0.2, 0.25) is 0 Å². The maximum atomic E-state index is 5.75. The van der Waals surface area contributed by atoms with Crippen LogP contribution in [0.3, 0.4) is 0 Å². The number of hydrogen-bond donors (Lipinski definition) is 2. The summed E-state index contributed by atoms with van der Waals surface area (Å²) in [4.78, 5) is 0. The van der Waals surface area contributed by atoms with E-state index in [9.17, 15) is 0 Å². The lowest BCUT2D eigenvalue weighted by molar-refractivity contribution is -0.0392. The van der Waals surface area contributed by atoms with Crippen LogP contribution in [0.4, 0.5) is 0 Å². The van der Waals surface area contributed by atoms with Gasteiger partial charge >= 0.3 is 0 Å². The molecule has 1 aromatic carbocycles. The molecule has 0 saturated carbocycles. The Bertz CT molecular complexity index is 333. The summed E-state index contributed by atoms with van der Waals surface area (Å²) in [5, 5.41) is 0. The molecule has 1 unspecified atom stereocenters. The van der Waals surface area contributed by atoms with Gasteiger partial charge in [-0.2, -0.15) is 0 Å². The molecule has 0 fully saturated rings. The number of hydrazine groups is 1. The molecular weight excluding hydrogens is 212 g/mol. The summed E-state index contributed by atoms with van der Waals surface area (Å²) in [6.45, 7) is 8.93. The monoisotopic (exact) mass is 236 g/mol. The molecule has 0 amide bonds. The summed E-state index contributed by atoms with van der Waals surface area (Å²) in [5.74, 6) is 5.66.